The summed E-state index contributed by atoms with van der Waals surface area (Å²) in [5.74, 6) is 0.416. The summed E-state index contributed by atoms with van der Waals surface area (Å²) >= 11 is 9.11. The average molecular weight is 344 g/mol. The lowest BCUT2D eigenvalue weighted by molar-refractivity contribution is 0.101. The number of ether oxygens (including phenoxy) is 1. The van der Waals surface area contributed by atoms with Crippen molar-refractivity contribution >= 4 is 33.3 Å². The van der Waals surface area contributed by atoms with Gasteiger partial charge in [0, 0.05) is 5.56 Å². The Kier molecular flexibility index (Phi) is 4.22. The third-order valence-electron chi connectivity index (χ3n) is 2.46. The Labute approximate surface area is 123 Å². The zero-order valence-electron chi connectivity index (χ0n) is 9.91. The lowest BCUT2D eigenvalue weighted by atomic mass is 10.1. The van der Waals surface area contributed by atoms with Gasteiger partial charge in [-0.05, 0) is 59.3 Å². The highest BCUT2D eigenvalue weighted by atomic mass is 79.9. The van der Waals surface area contributed by atoms with Gasteiger partial charge < -0.3 is 4.74 Å². The Morgan fingerprint density at radius 2 is 2.00 bits per heavy atom. The third kappa shape index (κ3) is 3.33. The molecule has 0 aliphatic heterocycles. The van der Waals surface area contributed by atoms with Crippen molar-refractivity contribution in [3.8, 4) is 11.5 Å². The molecule has 0 unspecified atom stereocenters. The van der Waals surface area contributed by atoms with Crippen LogP contribution >= 0.6 is 27.5 Å². The van der Waals surface area contributed by atoms with Crippen molar-refractivity contribution < 1.29 is 13.9 Å². The molecule has 0 aliphatic rings. The maximum absolute atomic E-state index is 13.1. The first-order valence-corrected chi connectivity index (χ1v) is 6.58. The number of rotatable bonds is 3. The van der Waals surface area contributed by atoms with Gasteiger partial charge in [0.25, 0.3) is 0 Å². The number of Topliss-reactive ketones (excluding diaryl/α,β-unsaturated/α-hetero) is 1. The second-order valence-corrected chi connectivity index (χ2v) is 5.14. The van der Waals surface area contributed by atoms with Gasteiger partial charge in [-0.15, -0.1) is 0 Å². The SMILES string of the molecule is CC(=O)c1ccc(Oc2ccc(F)c(Br)c2)c(Cl)c1. The van der Waals surface area contributed by atoms with Gasteiger partial charge in [0.15, 0.2) is 5.78 Å². The topological polar surface area (TPSA) is 26.3 Å². The van der Waals surface area contributed by atoms with E-state index in [9.17, 15) is 9.18 Å². The van der Waals surface area contributed by atoms with Crippen molar-refractivity contribution in [3.63, 3.8) is 0 Å². The Morgan fingerprint density at radius 3 is 2.58 bits per heavy atom. The first-order chi connectivity index (χ1) is 8.97. The van der Waals surface area contributed by atoms with E-state index < -0.39 is 0 Å². The number of hydrogen-bond acceptors (Lipinski definition) is 2. The number of benzene rings is 2. The number of halogens is 3. The summed E-state index contributed by atoms with van der Waals surface area (Å²) in [5, 5.41) is 0.327. The number of hydrogen-bond donors (Lipinski definition) is 0. The summed E-state index contributed by atoms with van der Waals surface area (Å²) in [6.07, 6.45) is 0. The lowest BCUT2D eigenvalue weighted by Crippen LogP contribution is -1.93. The van der Waals surface area contributed by atoms with E-state index >= 15 is 0 Å². The Bertz CT molecular complexity index is 643. The van der Waals surface area contributed by atoms with Gasteiger partial charge in [0.05, 0.1) is 9.50 Å². The van der Waals surface area contributed by atoms with E-state index in [2.05, 4.69) is 15.9 Å². The molecule has 98 valence electrons. The molecule has 0 bridgehead atoms. The van der Waals surface area contributed by atoms with E-state index in [1.54, 1.807) is 12.1 Å². The monoisotopic (exact) mass is 342 g/mol. The fourth-order valence-electron chi connectivity index (χ4n) is 1.47. The Balaban J connectivity index is 2.28. The summed E-state index contributed by atoms with van der Waals surface area (Å²) in [7, 11) is 0. The summed E-state index contributed by atoms with van der Waals surface area (Å²) in [4.78, 5) is 11.2. The third-order valence-corrected chi connectivity index (χ3v) is 3.36. The molecule has 0 heterocycles. The van der Waals surface area contributed by atoms with Crippen LogP contribution in [0.2, 0.25) is 5.02 Å². The quantitative estimate of drug-likeness (QED) is 0.713. The van der Waals surface area contributed by atoms with Crippen LogP contribution in [-0.4, -0.2) is 5.78 Å². The minimum atomic E-state index is -0.370. The molecule has 19 heavy (non-hydrogen) atoms. The van der Waals surface area contributed by atoms with Crippen molar-refractivity contribution in [2.45, 2.75) is 6.92 Å². The molecule has 0 amide bonds. The highest BCUT2D eigenvalue weighted by molar-refractivity contribution is 9.10. The van der Waals surface area contributed by atoms with Gasteiger partial charge in [-0.2, -0.15) is 0 Å². The average Bonchev–Trinajstić information content (AvgIpc) is 2.36. The number of carbonyl (C=O) groups is 1. The van der Waals surface area contributed by atoms with E-state index in [4.69, 9.17) is 16.3 Å². The van der Waals surface area contributed by atoms with Crippen molar-refractivity contribution in [2.75, 3.05) is 0 Å². The van der Waals surface area contributed by atoms with Gasteiger partial charge in [0.1, 0.15) is 17.3 Å². The fourth-order valence-corrected chi connectivity index (χ4v) is 2.05. The molecule has 2 nitrogen and oxygen atoms in total. The van der Waals surface area contributed by atoms with Crippen LogP contribution in [-0.2, 0) is 0 Å². The highest BCUT2D eigenvalue weighted by Gasteiger charge is 2.08. The van der Waals surface area contributed by atoms with Crippen LogP contribution in [0.1, 0.15) is 17.3 Å². The molecule has 2 rings (SSSR count). The first kappa shape index (κ1) is 14.0. The van der Waals surface area contributed by atoms with Crippen LogP contribution in [0.25, 0.3) is 0 Å². The largest absolute Gasteiger partial charge is 0.456 e. The van der Waals surface area contributed by atoms with E-state index in [0.717, 1.165) is 0 Å². The minimum absolute atomic E-state index is 0.0713. The molecule has 0 spiro atoms. The van der Waals surface area contributed by atoms with Crippen LogP contribution < -0.4 is 4.74 Å². The maximum atomic E-state index is 13.1. The van der Waals surface area contributed by atoms with Crippen molar-refractivity contribution in [2.24, 2.45) is 0 Å². The predicted octanol–water partition coefficient (Wildman–Crippen LogP) is 5.24. The zero-order chi connectivity index (χ0) is 14.0. The van der Waals surface area contributed by atoms with Gasteiger partial charge in [-0.1, -0.05) is 11.6 Å². The van der Waals surface area contributed by atoms with Gasteiger partial charge in [-0.3, -0.25) is 4.79 Å². The zero-order valence-corrected chi connectivity index (χ0v) is 12.3. The molecule has 0 aromatic heterocycles. The fraction of sp³-hybridized carbons (Fsp3) is 0.0714. The molecule has 0 radical (unpaired) electrons. The molecule has 0 saturated heterocycles. The second kappa shape index (κ2) is 5.72. The van der Waals surface area contributed by atoms with Gasteiger partial charge >= 0.3 is 0 Å². The summed E-state index contributed by atoms with van der Waals surface area (Å²) in [6.45, 7) is 1.46. The molecule has 0 saturated carbocycles. The molecular formula is C14H9BrClFO2. The highest BCUT2D eigenvalue weighted by Crippen LogP contribution is 2.32. The van der Waals surface area contributed by atoms with Gasteiger partial charge in [0.2, 0.25) is 0 Å². The van der Waals surface area contributed by atoms with Crippen LogP contribution in [0.3, 0.4) is 0 Å². The molecule has 0 aliphatic carbocycles. The Hall–Kier alpha value is -1.39. The first-order valence-electron chi connectivity index (χ1n) is 5.41. The molecule has 0 N–H and O–H groups in total. The number of ketones is 1. The maximum Gasteiger partial charge on any atom is 0.159 e. The van der Waals surface area contributed by atoms with Crippen molar-refractivity contribution in [1.29, 1.82) is 0 Å². The molecule has 2 aromatic rings. The lowest BCUT2D eigenvalue weighted by Gasteiger charge is -2.09. The molecule has 0 fully saturated rings. The Morgan fingerprint density at radius 1 is 1.26 bits per heavy atom. The van der Waals surface area contributed by atoms with Crippen LogP contribution in [0.15, 0.2) is 40.9 Å². The van der Waals surface area contributed by atoms with Crippen molar-refractivity contribution in [3.05, 3.63) is 57.3 Å². The van der Waals surface area contributed by atoms with E-state index in [1.165, 1.54) is 31.2 Å². The minimum Gasteiger partial charge on any atom is -0.456 e. The summed E-state index contributed by atoms with van der Waals surface area (Å²) < 4.78 is 18.9. The van der Waals surface area contributed by atoms with Crippen LogP contribution in [0, 0.1) is 5.82 Å². The molecule has 5 heteroatoms. The van der Waals surface area contributed by atoms with E-state index in [1.807, 2.05) is 0 Å². The van der Waals surface area contributed by atoms with Gasteiger partial charge in [-0.25, -0.2) is 4.39 Å². The van der Waals surface area contributed by atoms with Crippen molar-refractivity contribution in [1.82, 2.24) is 0 Å². The smallest absolute Gasteiger partial charge is 0.159 e. The number of carbonyl (C=O) groups excluding carboxylic acids is 1. The summed E-state index contributed by atoms with van der Waals surface area (Å²) in [6, 6.07) is 9.06. The summed E-state index contributed by atoms with van der Waals surface area (Å²) in [5.41, 5.74) is 0.512. The van der Waals surface area contributed by atoms with Crippen LogP contribution in [0.5, 0.6) is 11.5 Å². The molecular weight excluding hydrogens is 335 g/mol. The molecule has 2 aromatic carbocycles. The predicted molar refractivity (Wildman–Crippen MR) is 75.6 cm³/mol. The second-order valence-electron chi connectivity index (χ2n) is 3.88. The van der Waals surface area contributed by atoms with E-state index in [-0.39, 0.29) is 11.6 Å². The molecule has 0 atom stereocenters. The van der Waals surface area contributed by atoms with Crippen LogP contribution in [0.4, 0.5) is 4.39 Å². The van der Waals surface area contributed by atoms with E-state index in [0.29, 0.717) is 26.6 Å². The standard InChI is InChI=1S/C14H9BrClFO2/c1-8(18)9-2-5-14(12(16)6-9)19-10-3-4-13(17)11(15)7-10/h2-7H,1H3. The normalized spacial score (nSPS) is 10.3.